The topological polar surface area (TPSA) is 12.0 Å². The Morgan fingerprint density at radius 1 is 1.33 bits per heavy atom. The lowest BCUT2D eigenvalue weighted by molar-refractivity contribution is 0.0174. The van der Waals surface area contributed by atoms with Crippen LogP contribution in [0.1, 0.15) is 43.2 Å². The highest BCUT2D eigenvalue weighted by molar-refractivity contribution is 5.30. The third kappa shape index (κ3) is 2.05. The summed E-state index contributed by atoms with van der Waals surface area (Å²) in [5.41, 5.74) is 1.71. The number of benzene rings is 1. The molecule has 0 amide bonds. The zero-order valence-corrected chi connectivity index (χ0v) is 10.7. The maximum Gasteiger partial charge on any atom is 0.270 e. The van der Waals surface area contributed by atoms with Crippen LogP contribution in [0.4, 0.5) is 8.78 Å². The van der Waals surface area contributed by atoms with Crippen molar-refractivity contribution in [2.75, 3.05) is 13.1 Å². The number of rotatable bonds is 2. The summed E-state index contributed by atoms with van der Waals surface area (Å²) in [6.45, 7) is 3.18. The molecule has 3 heteroatoms. The third-order valence-electron chi connectivity index (χ3n) is 4.57. The molecule has 1 unspecified atom stereocenters. The smallest absolute Gasteiger partial charge is 0.270 e. The fourth-order valence-corrected chi connectivity index (χ4v) is 3.36. The molecule has 0 bridgehead atoms. The summed E-state index contributed by atoms with van der Waals surface area (Å²) in [6, 6.07) is 7.01. The molecule has 2 aliphatic rings. The molecule has 1 atom stereocenters. The van der Waals surface area contributed by atoms with Gasteiger partial charge in [-0.05, 0) is 42.2 Å². The molecule has 1 spiro atoms. The van der Waals surface area contributed by atoms with Crippen molar-refractivity contribution in [2.24, 2.45) is 5.41 Å². The molecule has 1 nitrogen and oxygen atoms in total. The first-order chi connectivity index (χ1) is 8.49. The molecule has 0 aromatic heterocycles. The van der Waals surface area contributed by atoms with Crippen LogP contribution in [0.25, 0.3) is 0 Å². The molecule has 1 aromatic rings. The van der Waals surface area contributed by atoms with E-state index in [0.29, 0.717) is 11.3 Å². The number of halogens is 2. The van der Waals surface area contributed by atoms with Crippen molar-refractivity contribution < 1.29 is 8.78 Å². The van der Waals surface area contributed by atoms with Gasteiger partial charge in [-0.25, -0.2) is 8.78 Å². The second-order valence-corrected chi connectivity index (χ2v) is 6.06. The molecule has 0 radical (unpaired) electrons. The van der Waals surface area contributed by atoms with Gasteiger partial charge in [-0.2, -0.15) is 0 Å². The zero-order chi connectivity index (χ0) is 12.8. The van der Waals surface area contributed by atoms with Gasteiger partial charge in [0.1, 0.15) is 0 Å². The largest absolute Gasteiger partial charge is 0.316 e. The SMILES string of the molecule is CC(F)(F)c1cccc(C2CCC3(CNC3)C2)c1. The summed E-state index contributed by atoms with van der Waals surface area (Å²) in [7, 11) is 0. The Hall–Kier alpha value is -0.960. The first-order valence-corrected chi connectivity index (χ1v) is 6.68. The van der Waals surface area contributed by atoms with Crippen LogP contribution < -0.4 is 5.32 Å². The maximum atomic E-state index is 13.3. The van der Waals surface area contributed by atoms with Gasteiger partial charge in [0, 0.05) is 25.6 Å². The number of hydrogen-bond donors (Lipinski definition) is 1. The maximum absolute atomic E-state index is 13.3. The van der Waals surface area contributed by atoms with Gasteiger partial charge in [0.15, 0.2) is 0 Å². The summed E-state index contributed by atoms with van der Waals surface area (Å²) in [6.07, 6.45) is 3.52. The highest BCUT2D eigenvalue weighted by Gasteiger charge is 2.44. The van der Waals surface area contributed by atoms with E-state index in [-0.39, 0.29) is 5.56 Å². The highest BCUT2D eigenvalue weighted by Crippen LogP contribution is 2.49. The highest BCUT2D eigenvalue weighted by atomic mass is 19.3. The summed E-state index contributed by atoms with van der Waals surface area (Å²) in [5.74, 6) is -2.26. The van der Waals surface area contributed by atoms with E-state index in [9.17, 15) is 8.78 Å². The number of alkyl halides is 2. The van der Waals surface area contributed by atoms with Gasteiger partial charge >= 0.3 is 0 Å². The van der Waals surface area contributed by atoms with E-state index in [1.54, 1.807) is 12.1 Å². The second-order valence-electron chi connectivity index (χ2n) is 6.06. The minimum atomic E-state index is -2.73. The lowest BCUT2D eigenvalue weighted by Gasteiger charge is -2.39. The van der Waals surface area contributed by atoms with Gasteiger partial charge in [-0.1, -0.05) is 18.2 Å². The van der Waals surface area contributed by atoms with Crippen molar-refractivity contribution in [3.63, 3.8) is 0 Å². The van der Waals surface area contributed by atoms with E-state index in [4.69, 9.17) is 0 Å². The molecule has 98 valence electrons. The quantitative estimate of drug-likeness (QED) is 0.846. The number of hydrogen-bond acceptors (Lipinski definition) is 1. The molecule has 3 rings (SSSR count). The van der Waals surface area contributed by atoms with Gasteiger partial charge < -0.3 is 5.32 Å². The van der Waals surface area contributed by atoms with Crippen LogP contribution in [0.3, 0.4) is 0 Å². The van der Waals surface area contributed by atoms with Gasteiger partial charge in [-0.15, -0.1) is 0 Å². The summed E-state index contributed by atoms with van der Waals surface area (Å²) in [5, 5.41) is 3.33. The lowest BCUT2D eigenvalue weighted by Crippen LogP contribution is -2.51. The van der Waals surface area contributed by atoms with Gasteiger partial charge in [0.05, 0.1) is 0 Å². The Morgan fingerprint density at radius 3 is 2.67 bits per heavy atom. The van der Waals surface area contributed by atoms with Crippen LogP contribution >= 0.6 is 0 Å². The molecule has 1 saturated heterocycles. The molecular weight excluding hydrogens is 232 g/mol. The average molecular weight is 251 g/mol. The third-order valence-corrected chi connectivity index (χ3v) is 4.57. The van der Waals surface area contributed by atoms with E-state index in [0.717, 1.165) is 38.4 Å². The van der Waals surface area contributed by atoms with E-state index in [2.05, 4.69) is 5.32 Å². The van der Waals surface area contributed by atoms with E-state index >= 15 is 0 Å². The molecule has 1 N–H and O–H groups in total. The fourth-order valence-electron chi connectivity index (χ4n) is 3.36. The Labute approximate surface area is 107 Å². The summed E-state index contributed by atoms with van der Waals surface area (Å²) < 4.78 is 26.7. The predicted molar refractivity (Wildman–Crippen MR) is 67.9 cm³/mol. The van der Waals surface area contributed by atoms with Crippen LogP contribution in [0, 0.1) is 5.41 Å². The zero-order valence-electron chi connectivity index (χ0n) is 10.7. The Bertz CT molecular complexity index is 446. The standard InChI is InChI=1S/C15H19F2N/c1-14(16,17)13-4-2-3-11(7-13)12-5-6-15(8-12)9-18-10-15/h2-4,7,12,18H,5-6,8-10H2,1H3. The monoisotopic (exact) mass is 251 g/mol. The lowest BCUT2D eigenvalue weighted by atomic mass is 9.79. The average Bonchev–Trinajstić information content (AvgIpc) is 2.73. The Kier molecular flexibility index (Phi) is 2.70. The van der Waals surface area contributed by atoms with E-state index in [1.165, 1.54) is 12.5 Å². The van der Waals surface area contributed by atoms with Crippen molar-refractivity contribution in [2.45, 2.75) is 38.0 Å². The van der Waals surface area contributed by atoms with Gasteiger partial charge in [0.25, 0.3) is 5.92 Å². The van der Waals surface area contributed by atoms with Crippen molar-refractivity contribution in [3.8, 4) is 0 Å². The normalized spacial score (nSPS) is 26.3. The van der Waals surface area contributed by atoms with Crippen molar-refractivity contribution in [3.05, 3.63) is 35.4 Å². The molecule has 1 aromatic carbocycles. The minimum Gasteiger partial charge on any atom is -0.316 e. The van der Waals surface area contributed by atoms with Crippen LogP contribution in [0.5, 0.6) is 0 Å². The van der Waals surface area contributed by atoms with Crippen LogP contribution in [-0.4, -0.2) is 13.1 Å². The van der Waals surface area contributed by atoms with Crippen molar-refractivity contribution in [1.82, 2.24) is 5.32 Å². The molecular formula is C15H19F2N. The Balaban J connectivity index is 1.81. The van der Waals surface area contributed by atoms with Gasteiger partial charge in [0.2, 0.25) is 0 Å². The van der Waals surface area contributed by atoms with Crippen molar-refractivity contribution >= 4 is 0 Å². The van der Waals surface area contributed by atoms with Crippen molar-refractivity contribution in [1.29, 1.82) is 0 Å². The molecule has 18 heavy (non-hydrogen) atoms. The minimum absolute atomic E-state index is 0.146. The molecule has 1 heterocycles. The Morgan fingerprint density at radius 2 is 2.11 bits per heavy atom. The fraction of sp³-hybridized carbons (Fsp3) is 0.600. The van der Waals surface area contributed by atoms with Crippen LogP contribution in [0.2, 0.25) is 0 Å². The van der Waals surface area contributed by atoms with Crippen LogP contribution in [0.15, 0.2) is 24.3 Å². The molecule has 2 fully saturated rings. The first kappa shape index (κ1) is 12.1. The van der Waals surface area contributed by atoms with Gasteiger partial charge in [-0.3, -0.25) is 0 Å². The molecule has 1 aliphatic heterocycles. The first-order valence-electron chi connectivity index (χ1n) is 6.68. The van der Waals surface area contributed by atoms with E-state index < -0.39 is 5.92 Å². The number of nitrogens with one attached hydrogen (secondary N) is 1. The predicted octanol–water partition coefficient (Wildman–Crippen LogP) is 3.66. The summed E-state index contributed by atoms with van der Waals surface area (Å²) in [4.78, 5) is 0. The van der Waals surface area contributed by atoms with Crippen LogP contribution in [-0.2, 0) is 5.92 Å². The second kappa shape index (κ2) is 4.02. The molecule has 1 aliphatic carbocycles. The molecule has 1 saturated carbocycles. The van der Waals surface area contributed by atoms with E-state index in [1.807, 2.05) is 6.07 Å². The summed E-state index contributed by atoms with van der Waals surface area (Å²) >= 11 is 0.